The number of imidazole rings is 1. The number of benzene rings is 1. The average molecular weight is 476 g/mol. The van der Waals surface area contributed by atoms with Gasteiger partial charge >= 0.3 is 0 Å². The summed E-state index contributed by atoms with van der Waals surface area (Å²) in [6.45, 7) is 0. The first-order valence-electron chi connectivity index (χ1n) is 10.4. The monoisotopic (exact) mass is 475 g/mol. The maximum Gasteiger partial charge on any atom is 0.231 e. The van der Waals surface area contributed by atoms with Gasteiger partial charge in [-0.3, -0.25) is 14.9 Å². The molecule has 0 saturated heterocycles. The molecule has 4 aromatic rings. The summed E-state index contributed by atoms with van der Waals surface area (Å²) in [5.41, 5.74) is 1.68. The molecule has 2 saturated carbocycles. The van der Waals surface area contributed by atoms with E-state index < -0.39 is 30.0 Å². The lowest BCUT2D eigenvalue weighted by Gasteiger charge is -2.31. The van der Waals surface area contributed by atoms with E-state index in [2.05, 4.69) is 30.8 Å². The van der Waals surface area contributed by atoms with Crippen LogP contribution in [0.15, 0.2) is 24.8 Å². The van der Waals surface area contributed by atoms with Crippen LogP contribution >= 0.6 is 11.6 Å². The molecule has 0 bridgehead atoms. The fraction of sp³-hybridized carbons (Fsp3) is 0.333. The molecule has 1 amide bonds. The van der Waals surface area contributed by atoms with Crippen LogP contribution in [0.2, 0.25) is 5.02 Å². The summed E-state index contributed by atoms with van der Waals surface area (Å²) in [5.74, 6) is -1.48. The fourth-order valence-corrected chi connectivity index (χ4v) is 4.41. The number of H-pyrrole nitrogens is 1. The molecule has 1 aromatic carbocycles. The second-order valence-corrected chi connectivity index (χ2v) is 8.84. The van der Waals surface area contributed by atoms with E-state index >= 15 is 4.39 Å². The molecule has 6 rings (SSSR count). The molecule has 2 unspecified atom stereocenters. The van der Waals surface area contributed by atoms with Crippen molar-refractivity contribution in [3.05, 3.63) is 35.6 Å². The van der Waals surface area contributed by atoms with Crippen LogP contribution in [0.5, 0.6) is 0 Å². The van der Waals surface area contributed by atoms with Crippen molar-refractivity contribution in [3.63, 3.8) is 0 Å². The number of rotatable bonds is 5. The number of halogens is 4. The van der Waals surface area contributed by atoms with Crippen molar-refractivity contribution in [1.82, 2.24) is 24.6 Å². The SMILES string of the molecule is O=C(Nc1cn2cc(-c3c(Cl)c(F)c(NC4CC(F)C4)c4[nH]ncc34)ncc2n1)C1CC1F. The highest BCUT2D eigenvalue weighted by molar-refractivity contribution is 6.35. The predicted molar refractivity (Wildman–Crippen MR) is 116 cm³/mol. The Hall–Kier alpha value is -3.34. The molecular formula is C21H17ClF3N7O. The van der Waals surface area contributed by atoms with Crippen LogP contribution in [0.25, 0.3) is 27.8 Å². The minimum Gasteiger partial charge on any atom is -0.378 e. The molecule has 3 aromatic heterocycles. The van der Waals surface area contributed by atoms with Crippen LogP contribution in [-0.4, -0.2) is 48.9 Å². The molecule has 0 spiro atoms. The van der Waals surface area contributed by atoms with E-state index in [4.69, 9.17) is 11.6 Å². The van der Waals surface area contributed by atoms with Crippen molar-refractivity contribution < 1.29 is 18.0 Å². The van der Waals surface area contributed by atoms with Gasteiger partial charge in [-0.25, -0.2) is 18.2 Å². The van der Waals surface area contributed by atoms with Gasteiger partial charge in [0.25, 0.3) is 0 Å². The maximum atomic E-state index is 15.3. The number of carbonyl (C=O) groups is 1. The van der Waals surface area contributed by atoms with Gasteiger partial charge in [-0.05, 0) is 19.3 Å². The maximum absolute atomic E-state index is 15.3. The summed E-state index contributed by atoms with van der Waals surface area (Å²) < 4.78 is 43.2. The molecule has 12 heteroatoms. The minimum absolute atomic E-state index is 0.146. The highest BCUT2D eigenvalue weighted by Gasteiger charge is 2.43. The zero-order valence-corrected chi connectivity index (χ0v) is 17.7. The van der Waals surface area contributed by atoms with Gasteiger partial charge in [-0.15, -0.1) is 0 Å². The van der Waals surface area contributed by atoms with E-state index in [0.717, 1.165) is 0 Å². The van der Waals surface area contributed by atoms with E-state index in [9.17, 15) is 13.6 Å². The minimum atomic E-state index is -1.11. The summed E-state index contributed by atoms with van der Waals surface area (Å²) in [5, 5.41) is 12.8. The number of anilines is 2. The lowest BCUT2D eigenvalue weighted by Crippen LogP contribution is -2.36. The highest BCUT2D eigenvalue weighted by Crippen LogP contribution is 2.42. The van der Waals surface area contributed by atoms with E-state index in [1.54, 1.807) is 16.8 Å². The lowest BCUT2D eigenvalue weighted by atomic mass is 9.90. The second kappa shape index (κ2) is 7.34. The van der Waals surface area contributed by atoms with E-state index in [1.165, 1.54) is 12.4 Å². The van der Waals surface area contributed by atoms with E-state index in [-0.39, 0.29) is 29.0 Å². The number of hydrogen-bond acceptors (Lipinski definition) is 5. The first-order valence-corrected chi connectivity index (χ1v) is 10.8. The third kappa shape index (κ3) is 3.38. The predicted octanol–water partition coefficient (Wildman–Crippen LogP) is 4.27. The zero-order chi connectivity index (χ0) is 22.9. The molecule has 2 fully saturated rings. The fourth-order valence-electron chi connectivity index (χ4n) is 4.11. The van der Waals surface area contributed by atoms with Crippen molar-refractivity contribution in [3.8, 4) is 11.3 Å². The Kier molecular flexibility index (Phi) is 4.51. The molecule has 8 nitrogen and oxygen atoms in total. The van der Waals surface area contributed by atoms with E-state index in [0.29, 0.717) is 40.6 Å². The number of amides is 1. The molecule has 0 aliphatic heterocycles. The quantitative estimate of drug-likeness (QED) is 0.400. The number of carbonyl (C=O) groups excluding carboxylic acids is 1. The van der Waals surface area contributed by atoms with Crippen molar-refractivity contribution in [2.45, 2.75) is 37.6 Å². The average Bonchev–Trinajstić information content (AvgIpc) is 3.14. The van der Waals surface area contributed by atoms with Gasteiger partial charge < -0.3 is 15.0 Å². The van der Waals surface area contributed by atoms with Crippen LogP contribution in [0.3, 0.4) is 0 Å². The summed E-state index contributed by atoms with van der Waals surface area (Å²) in [4.78, 5) is 20.6. The van der Waals surface area contributed by atoms with E-state index in [1.807, 2.05) is 0 Å². The third-order valence-electron chi connectivity index (χ3n) is 6.12. The van der Waals surface area contributed by atoms with Crippen LogP contribution in [-0.2, 0) is 4.79 Å². The van der Waals surface area contributed by atoms with Gasteiger partial charge in [-0.1, -0.05) is 11.6 Å². The largest absolute Gasteiger partial charge is 0.378 e. The van der Waals surface area contributed by atoms with Crippen molar-refractivity contribution >= 4 is 45.6 Å². The molecular weight excluding hydrogens is 459 g/mol. The number of aromatic amines is 1. The van der Waals surface area contributed by atoms with Crippen molar-refractivity contribution in [2.24, 2.45) is 5.92 Å². The number of hydrogen-bond donors (Lipinski definition) is 3. The van der Waals surface area contributed by atoms with Gasteiger partial charge in [0.1, 0.15) is 12.3 Å². The highest BCUT2D eigenvalue weighted by atomic mass is 35.5. The Labute approximate surface area is 189 Å². The molecule has 3 heterocycles. The Morgan fingerprint density at radius 3 is 2.73 bits per heavy atom. The topological polar surface area (TPSA) is 100 Å². The Balaban J connectivity index is 1.37. The molecule has 3 N–H and O–H groups in total. The number of aromatic nitrogens is 5. The molecule has 0 radical (unpaired) electrons. The molecule has 33 heavy (non-hydrogen) atoms. The third-order valence-corrected chi connectivity index (χ3v) is 6.47. The standard InChI is InChI=1S/C21H17ClF3N7O/c22-17-16(11-4-27-31-19(11)20(18(17)25)28-9-1-8(23)2-9)13-6-32-7-14(29-15(32)5-26-13)30-21(33)10-3-12(10)24/h4-10,12,28H,1-3H2,(H,27,31)(H,30,33). The molecule has 2 aliphatic carbocycles. The Morgan fingerprint density at radius 1 is 1.21 bits per heavy atom. The molecule has 170 valence electrons. The molecule has 2 aliphatic rings. The normalized spacial score (nSPS) is 24.1. The van der Waals surface area contributed by atoms with Gasteiger partial charge in [0.2, 0.25) is 5.91 Å². The first-order chi connectivity index (χ1) is 15.9. The summed E-state index contributed by atoms with van der Waals surface area (Å²) in [6, 6.07) is -0.180. The Bertz CT molecular complexity index is 1410. The van der Waals surface area contributed by atoms with Crippen molar-refractivity contribution in [2.75, 3.05) is 10.6 Å². The smallest absolute Gasteiger partial charge is 0.231 e. The molecule has 2 atom stereocenters. The zero-order valence-electron chi connectivity index (χ0n) is 16.9. The van der Waals surface area contributed by atoms with Crippen LogP contribution in [0.4, 0.5) is 24.7 Å². The number of alkyl halides is 2. The first kappa shape index (κ1) is 20.3. The van der Waals surface area contributed by atoms with Gasteiger partial charge in [0.05, 0.1) is 46.4 Å². The van der Waals surface area contributed by atoms with Crippen LogP contribution in [0, 0.1) is 11.7 Å². The summed E-state index contributed by atoms with van der Waals surface area (Å²) in [7, 11) is 0. The second-order valence-electron chi connectivity index (χ2n) is 8.46. The Morgan fingerprint density at radius 2 is 2.00 bits per heavy atom. The summed E-state index contributed by atoms with van der Waals surface area (Å²) >= 11 is 6.43. The van der Waals surface area contributed by atoms with Gasteiger partial charge in [0.15, 0.2) is 17.3 Å². The van der Waals surface area contributed by atoms with Gasteiger partial charge in [-0.2, -0.15) is 5.10 Å². The van der Waals surface area contributed by atoms with Crippen LogP contribution in [0.1, 0.15) is 19.3 Å². The lowest BCUT2D eigenvalue weighted by molar-refractivity contribution is -0.117. The number of fused-ring (bicyclic) bond motifs is 2. The van der Waals surface area contributed by atoms with Gasteiger partial charge in [0, 0.05) is 23.2 Å². The summed E-state index contributed by atoms with van der Waals surface area (Å²) in [6.07, 6.45) is 4.98. The number of nitrogens with zero attached hydrogens (tertiary/aromatic N) is 4. The number of nitrogens with one attached hydrogen (secondary N) is 3. The van der Waals surface area contributed by atoms with Crippen LogP contribution < -0.4 is 10.6 Å². The van der Waals surface area contributed by atoms with Crippen molar-refractivity contribution in [1.29, 1.82) is 0 Å².